The fourth-order valence-corrected chi connectivity index (χ4v) is 4.17. The minimum Gasteiger partial charge on any atom is -0.481 e. The van der Waals surface area contributed by atoms with Gasteiger partial charge in [0.1, 0.15) is 0 Å². The van der Waals surface area contributed by atoms with Crippen LogP contribution in [0.4, 0.5) is 0 Å². The topological polar surface area (TPSA) is 66.4 Å². The lowest BCUT2D eigenvalue weighted by Crippen LogP contribution is -2.43. The molecule has 2 aliphatic carbocycles. The van der Waals surface area contributed by atoms with Gasteiger partial charge in [-0.25, -0.2) is 0 Å². The van der Waals surface area contributed by atoms with Crippen LogP contribution in [0.3, 0.4) is 0 Å². The molecule has 2 rings (SSSR count). The standard InChI is InChI=1S/C13H21NO3S/c1-18-11-7-3-6-10(11)14-12(15)8-4-2-5-9(8)13(16)17/h8-11H,2-7H2,1H3,(H,14,15)(H,16,17)/t8-,9+,10?,11?/m1/s1. The summed E-state index contributed by atoms with van der Waals surface area (Å²) in [6, 6.07) is 0.238. The molecule has 2 unspecified atom stereocenters. The van der Waals surface area contributed by atoms with E-state index in [1.807, 2.05) is 0 Å². The predicted molar refractivity (Wildman–Crippen MR) is 71.6 cm³/mol. The van der Waals surface area contributed by atoms with Gasteiger partial charge in [0.2, 0.25) is 5.91 Å². The van der Waals surface area contributed by atoms with E-state index in [1.165, 1.54) is 0 Å². The van der Waals surface area contributed by atoms with E-state index in [1.54, 1.807) is 11.8 Å². The first-order valence-corrected chi connectivity index (χ1v) is 7.98. The molecule has 2 saturated carbocycles. The monoisotopic (exact) mass is 271 g/mol. The highest BCUT2D eigenvalue weighted by molar-refractivity contribution is 7.99. The number of carboxylic acid groups (broad SMARTS) is 1. The van der Waals surface area contributed by atoms with E-state index in [2.05, 4.69) is 11.6 Å². The summed E-state index contributed by atoms with van der Waals surface area (Å²) in [7, 11) is 0. The predicted octanol–water partition coefficient (Wildman–Crippen LogP) is 1.89. The maximum absolute atomic E-state index is 12.2. The van der Waals surface area contributed by atoms with Crippen LogP contribution in [-0.2, 0) is 9.59 Å². The first-order chi connectivity index (χ1) is 8.63. The molecule has 0 aromatic rings. The third kappa shape index (κ3) is 2.82. The number of amides is 1. The number of carboxylic acids is 1. The second-order valence-electron chi connectivity index (χ2n) is 5.30. The Balaban J connectivity index is 1.93. The molecule has 0 aromatic heterocycles. The summed E-state index contributed by atoms with van der Waals surface area (Å²) in [6.07, 6.45) is 7.63. The van der Waals surface area contributed by atoms with Crippen LogP contribution in [0, 0.1) is 11.8 Å². The number of nitrogens with one attached hydrogen (secondary N) is 1. The lowest BCUT2D eigenvalue weighted by molar-refractivity contribution is -0.146. The zero-order valence-electron chi connectivity index (χ0n) is 10.7. The molecular formula is C13H21NO3S. The van der Waals surface area contributed by atoms with Crippen molar-refractivity contribution in [2.75, 3.05) is 6.26 Å². The van der Waals surface area contributed by atoms with Crippen LogP contribution in [0.2, 0.25) is 0 Å². The molecule has 0 aromatic carbocycles. The molecule has 0 saturated heterocycles. The number of hydrogen-bond donors (Lipinski definition) is 2. The van der Waals surface area contributed by atoms with Crippen molar-refractivity contribution in [1.29, 1.82) is 0 Å². The van der Waals surface area contributed by atoms with Crippen LogP contribution in [0.1, 0.15) is 38.5 Å². The van der Waals surface area contributed by atoms with Crippen LogP contribution in [0.5, 0.6) is 0 Å². The summed E-state index contributed by atoms with van der Waals surface area (Å²) >= 11 is 1.80. The van der Waals surface area contributed by atoms with Crippen molar-refractivity contribution in [2.45, 2.75) is 49.8 Å². The van der Waals surface area contributed by atoms with E-state index in [-0.39, 0.29) is 17.9 Å². The normalized spacial score (nSPS) is 35.6. The Bertz CT molecular complexity index is 334. The van der Waals surface area contributed by atoms with Crippen LogP contribution in [-0.4, -0.2) is 34.5 Å². The Hall–Kier alpha value is -0.710. The van der Waals surface area contributed by atoms with Gasteiger partial charge in [-0.3, -0.25) is 9.59 Å². The van der Waals surface area contributed by atoms with Crippen molar-refractivity contribution in [1.82, 2.24) is 5.32 Å². The summed E-state index contributed by atoms with van der Waals surface area (Å²) in [4.78, 5) is 23.3. The molecule has 0 spiro atoms. The molecule has 2 N–H and O–H groups in total. The highest BCUT2D eigenvalue weighted by atomic mass is 32.2. The van der Waals surface area contributed by atoms with E-state index in [0.29, 0.717) is 11.7 Å². The maximum atomic E-state index is 12.2. The second kappa shape index (κ2) is 5.95. The van der Waals surface area contributed by atoms with Gasteiger partial charge in [0.05, 0.1) is 11.8 Å². The highest BCUT2D eigenvalue weighted by Crippen LogP contribution is 2.33. The molecule has 102 valence electrons. The first kappa shape index (κ1) is 13.7. The number of rotatable bonds is 4. The maximum Gasteiger partial charge on any atom is 0.307 e. The molecule has 0 bridgehead atoms. The van der Waals surface area contributed by atoms with Gasteiger partial charge in [-0.15, -0.1) is 0 Å². The zero-order valence-corrected chi connectivity index (χ0v) is 11.5. The van der Waals surface area contributed by atoms with E-state index in [0.717, 1.165) is 32.1 Å². The van der Waals surface area contributed by atoms with Crippen molar-refractivity contribution >= 4 is 23.6 Å². The average molecular weight is 271 g/mol. The molecule has 5 heteroatoms. The van der Waals surface area contributed by atoms with Crippen molar-refractivity contribution in [3.63, 3.8) is 0 Å². The van der Waals surface area contributed by atoms with E-state index < -0.39 is 11.9 Å². The second-order valence-corrected chi connectivity index (χ2v) is 6.38. The van der Waals surface area contributed by atoms with Gasteiger partial charge < -0.3 is 10.4 Å². The van der Waals surface area contributed by atoms with Gasteiger partial charge in [0.25, 0.3) is 0 Å². The molecule has 0 radical (unpaired) electrons. The van der Waals surface area contributed by atoms with Gasteiger partial charge in [-0.1, -0.05) is 12.8 Å². The Morgan fingerprint density at radius 2 is 1.78 bits per heavy atom. The smallest absolute Gasteiger partial charge is 0.307 e. The molecule has 1 amide bonds. The van der Waals surface area contributed by atoms with E-state index in [9.17, 15) is 9.59 Å². The lowest BCUT2D eigenvalue weighted by atomic mass is 9.95. The fourth-order valence-electron chi connectivity index (χ4n) is 3.23. The first-order valence-electron chi connectivity index (χ1n) is 6.69. The average Bonchev–Trinajstić information content (AvgIpc) is 2.96. The molecular weight excluding hydrogens is 250 g/mol. The molecule has 18 heavy (non-hydrogen) atoms. The lowest BCUT2D eigenvalue weighted by Gasteiger charge is -2.23. The minimum atomic E-state index is -0.819. The quantitative estimate of drug-likeness (QED) is 0.819. The van der Waals surface area contributed by atoms with Gasteiger partial charge >= 0.3 is 5.97 Å². The van der Waals surface area contributed by atoms with Crippen LogP contribution >= 0.6 is 11.8 Å². The third-order valence-corrected chi connectivity index (χ3v) is 5.42. The summed E-state index contributed by atoms with van der Waals surface area (Å²) in [5.41, 5.74) is 0. The molecule has 4 atom stereocenters. The van der Waals surface area contributed by atoms with Crippen molar-refractivity contribution < 1.29 is 14.7 Å². The molecule has 0 aliphatic heterocycles. The van der Waals surface area contributed by atoms with E-state index in [4.69, 9.17) is 5.11 Å². The Labute approximate surface area is 112 Å². The van der Waals surface area contributed by atoms with Crippen molar-refractivity contribution in [2.24, 2.45) is 11.8 Å². The SMILES string of the molecule is CSC1CCCC1NC(=O)[C@@H]1CCC[C@@H]1C(=O)O. The minimum absolute atomic E-state index is 0.0362. The number of hydrogen-bond acceptors (Lipinski definition) is 3. The van der Waals surface area contributed by atoms with Gasteiger partial charge in [-0.05, 0) is 31.9 Å². The van der Waals surface area contributed by atoms with Crippen LogP contribution < -0.4 is 5.32 Å². The molecule has 2 aliphatic rings. The molecule has 4 nitrogen and oxygen atoms in total. The third-order valence-electron chi connectivity index (χ3n) is 4.25. The largest absolute Gasteiger partial charge is 0.481 e. The highest BCUT2D eigenvalue weighted by Gasteiger charge is 2.39. The van der Waals surface area contributed by atoms with E-state index >= 15 is 0 Å². The van der Waals surface area contributed by atoms with Crippen molar-refractivity contribution in [3.05, 3.63) is 0 Å². The summed E-state index contributed by atoms with van der Waals surface area (Å²) in [5, 5.41) is 12.7. The summed E-state index contributed by atoms with van der Waals surface area (Å²) in [6.45, 7) is 0. The van der Waals surface area contributed by atoms with Gasteiger partial charge in [0, 0.05) is 11.3 Å². The summed E-state index contributed by atoms with van der Waals surface area (Å²) in [5.74, 6) is -1.64. The Kier molecular flexibility index (Phi) is 4.54. The van der Waals surface area contributed by atoms with Gasteiger partial charge in [-0.2, -0.15) is 11.8 Å². The number of carbonyl (C=O) groups excluding carboxylic acids is 1. The van der Waals surface area contributed by atoms with Crippen LogP contribution in [0.15, 0.2) is 0 Å². The Morgan fingerprint density at radius 3 is 2.44 bits per heavy atom. The molecule has 0 heterocycles. The fraction of sp³-hybridized carbons (Fsp3) is 0.846. The summed E-state index contributed by atoms with van der Waals surface area (Å²) < 4.78 is 0. The molecule has 2 fully saturated rings. The Morgan fingerprint density at radius 1 is 1.11 bits per heavy atom. The van der Waals surface area contributed by atoms with Crippen LogP contribution in [0.25, 0.3) is 0 Å². The number of carbonyl (C=O) groups is 2. The number of thioether (sulfide) groups is 1. The van der Waals surface area contributed by atoms with Crippen molar-refractivity contribution in [3.8, 4) is 0 Å². The number of aliphatic carboxylic acids is 1. The van der Waals surface area contributed by atoms with Gasteiger partial charge in [0.15, 0.2) is 0 Å². The zero-order chi connectivity index (χ0) is 13.1.